The number of ether oxygens (including phenoxy) is 1. The molecule has 0 fully saturated rings. The fourth-order valence-corrected chi connectivity index (χ4v) is 0.823. The molecule has 0 spiro atoms. The van der Waals surface area contributed by atoms with Crippen molar-refractivity contribution in [3.8, 4) is 5.75 Å². The molecule has 3 heteroatoms. The summed E-state index contributed by atoms with van der Waals surface area (Å²) in [5, 5.41) is 0.653. The van der Waals surface area contributed by atoms with Crippen LogP contribution in [-0.2, 0) is 4.79 Å². The second-order valence-corrected chi connectivity index (χ2v) is 2.95. The zero-order valence-electron chi connectivity index (χ0n) is 8.00. The fraction of sp³-hybridized carbons (Fsp3) is 0.300. The predicted octanol–water partition coefficient (Wildman–Crippen LogP) is 2.94. The molecule has 1 aromatic rings. The molecular formula is C10H13ClO2. The van der Waals surface area contributed by atoms with Crippen LogP contribution in [0.5, 0.6) is 5.75 Å². The average molecular weight is 201 g/mol. The van der Waals surface area contributed by atoms with E-state index in [9.17, 15) is 4.79 Å². The Morgan fingerprint density at radius 1 is 1.31 bits per heavy atom. The molecule has 0 aliphatic carbocycles. The Bertz CT molecular complexity index is 267. The summed E-state index contributed by atoms with van der Waals surface area (Å²) in [4.78, 5) is 9.44. The number of methoxy groups -OCH3 is 1. The van der Waals surface area contributed by atoms with Gasteiger partial charge in [0.15, 0.2) is 0 Å². The van der Waals surface area contributed by atoms with Gasteiger partial charge in [-0.1, -0.05) is 23.7 Å². The number of halogens is 1. The summed E-state index contributed by atoms with van der Waals surface area (Å²) >= 11 is 5.70. The van der Waals surface area contributed by atoms with Crippen molar-refractivity contribution in [2.75, 3.05) is 7.11 Å². The Labute approximate surface area is 83.5 Å². The van der Waals surface area contributed by atoms with Crippen LogP contribution >= 0.6 is 11.6 Å². The number of ketones is 1. The van der Waals surface area contributed by atoms with Crippen molar-refractivity contribution in [3.63, 3.8) is 0 Å². The van der Waals surface area contributed by atoms with Crippen LogP contribution < -0.4 is 4.74 Å². The van der Waals surface area contributed by atoms with E-state index in [-0.39, 0.29) is 5.78 Å². The van der Waals surface area contributed by atoms with Gasteiger partial charge in [-0.2, -0.15) is 0 Å². The molecule has 0 aliphatic rings. The van der Waals surface area contributed by atoms with Crippen LogP contribution in [0.3, 0.4) is 0 Å². The third-order valence-electron chi connectivity index (χ3n) is 1.06. The van der Waals surface area contributed by atoms with Gasteiger partial charge in [0.05, 0.1) is 12.1 Å². The van der Waals surface area contributed by atoms with E-state index >= 15 is 0 Å². The van der Waals surface area contributed by atoms with Crippen molar-refractivity contribution in [3.05, 3.63) is 29.3 Å². The van der Waals surface area contributed by atoms with Crippen molar-refractivity contribution < 1.29 is 9.53 Å². The van der Waals surface area contributed by atoms with Gasteiger partial charge < -0.3 is 9.53 Å². The lowest BCUT2D eigenvalue weighted by atomic mass is 10.3. The fourth-order valence-electron chi connectivity index (χ4n) is 0.610. The molecule has 0 saturated carbocycles. The minimum Gasteiger partial charge on any atom is -0.495 e. The summed E-state index contributed by atoms with van der Waals surface area (Å²) in [6, 6.07) is 7.36. The quantitative estimate of drug-likeness (QED) is 0.697. The van der Waals surface area contributed by atoms with Crippen LogP contribution in [-0.4, -0.2) is 12.9 Å². The Balaban J connectivity index is 0.000000310. The van der Waals surface area contributed by atoms with Crippen LogP contribution in [0.2, 0.25) is 5.02 Å². The topological polar surface area (TPSA) is 26.3 Å². The van der Waals surface area contributed by atoms with Crippen LogP contribution in [0.15, 0.2) is 24.3 Å². The second kappa shape index (κ2) is 6.49. The summed E-state index contributed by atoms with van der Waals surface area (Å²) in [7, 11) is 1.60. The van der Waals surface area contributed by atoms with Gasteiger partial charge in [-0.25, -0.2) is 0 Å². The maximum Gasteiger partial charge on any atom is 0.137 e. The summed E-state index contributed by atoms with van der Waals surface area (Å²) in [6.45, 7) is 3.06. The van der Waals surface area contributed by atoms with Gasteiger partial charge in [0.1, 0.15) is 11.5 Å². The van der Waals surface area contributed by atoms with E-state index in [1.54, 1.807) is 13.2 Å². The van der Waals surface area contributed by atoms with E-state index in [0.717, 1.165) is 5.75 Å². The number of carbonyl (C=O) groups is 1. The number of rotatable bonds is 1. The lowest BCUT2D eigenvalue weighted by molar-refractivity contribution is -0.114. The highest BCUT2D eigenvalue weighted by molar-refractivity contribution is 6.32. The van der Waals surface area contributed by atoms with E-state index < -0.39 is 0 Å². The Hall–Kier alpha value is -1.02. The third kappa shape index (κ3) is 6.17. The SMILES string of the molecule is CC(C)=O.COc1ccccc1Cl. The summed E-state index contributed by atoms with van der Waals surface area (Å²) in [5.41, 5.74) is 0. The predicted molar refractivity (Wildman–Crippen MR) is 54.4 cm³/mol. The number of hydrogen-bond acceptors (Lipinski definition) is 2. The van der Waals surface area contributed by atoms with Gasteiger partial charge >= 0.3 is 0 Å². The monoisotopic (exact) mass is 200 g/mol. The van der Waals surface area contributed by atoms with E-state index in [0.29, 0.717) is 5.02 Å². The molecule has 13 heavy (non-hydrogen) atoms. The maximum atomic E-state index is 9.44. The minimum absolute atomic E-state index is 0.167. The van der Waals surface area contributed by atoms with Gasteiger partial charge in [-0.05, 0) is 26.0 Å². The normalized spacial score (nSPS) is 8.31. The second-order valence-electron chi connectivity index (χ2n) is 2.54. The summed E-state index contributed by atoms with van der Waals surface area (Å²) in [5.74, 6) is 0.888. The van der Waals surface area contributed by atoms with E-state index in [1.807, 2.05) is 18.2 Å². The molecule has 2 nitrogen and oxygen atoms in total. The van der Waals surface area contributed by atoms with Crippen LogP contribution in [0, 0.1) is 0 Å². The largest absolute Gasteiger partial charge is 0.495 e. The van der Waals surface area contributed by atoms with Crippen LogP contribution in [0.25, 0.3) is 0 Å². The Kier molecular flexibility index (Phi) is 5.98. The van der Waals surface area contributed by atoms with Gasteiger partial charge in [0.2, 0.25) is 0 Å². The Morgan fingerprint density at radius 2 is 1.77 bits per heavy atom. The molecule has 0 aliphatic heterocycles. The molecule has 0 radical (unpaired) electrons. The molecule has 0 saturated heterocycles. The molecule has 1 rings (SSSR count). The number of hydrogen-bond donors (Lipinski definition) is 0. The molecule has 0 amide bonds. The third-order valence-corrected chi connectivity index (χ3v) is 1.37. The molecule has 0 heterocycles. The highest BCUT2D eigenvalue weighted by Crippen LogP contribution is 2.21. The first-order valence-electron chi connectivity index (χ1n) is 3.83. The molecule has 72 valence electrons. The summed E-state index contributed by atoms with van der Waals surface area (Å²) in [6.07, 6.45) is 0. The van der Waals surface area contributed by atoms with Crippen molar-refractivity contribution >= 4 is 17.4 Å². The molecule has 0 aromatic heterocycles. The van der Waals surface area contributed by atoms with Crippen LogP contribution in [0.1, 0.15) is 13.8 Å². The molecule has 0 bridgehead atoms. The number of carbonyl (C=O) groups excluding carboxylic acids is 1. The van der Waals surface area contributed by atoms with Crippen molar-refractivity contribution in [2.24, 2.45) is 0 Å². The summed E-state index contributed by atoms with van der Waals surface area (Å²) < 4.78 is 4.91. The first-order valence-corrected chi connectivity index (χ1v) is 4.21. The smallest absolute Gasteiger partial charge is 0.137 e. The van der Waals surface area contributed by atoms with Crippen LogP contribution in [0.4, 0.5) is 0 Å². The Morgan fingerprint density at radius 3 is 2.08 bits per heavy atom. The molecular weight excluding hydrogens is 188 g/mol. The molecule has 0 unspecified atom stereocenters. The number of benzene rings is 1. The average Bonchev–Trinajstić information content (AvgIpc) is 2.04. The minimum atomic E-state index is 0.167. The lowest BCUT2D eigenvalue weighted by Gasteiger charge is -1.98. The maximum absolute atomic E-state index is 9.44. The zero-order valence-corrected chi connectivity index (χ0v) is 8.76. The van der Waals surface area contributed by atoms with Crippen molar-refractivity contribution in [2.45, 2.75) is 13.8 Å². The highest BCUT2D eigenvalue weighted by Gasteiger charge is 1.93. The number of para-hydroxylation sites is 1. The lowest BCUT2D eigenvalue weighted by Crippen LogP contribution is -1.81. The van der Waals surface area contributed by atoms with Gasteiger partial charge in [0, 0.05) is 0 Å². The zero-order chi connectivity index (χ0) is 10.3. The van der Waals surface area contributed by atoms with Gasteiger partial charge in [-0.15, -0.1) is 0 Å². The van der Waals surface area contributed by atoms with E-state index in [4.69, 9.17) is 16.3 Å². The van der Waals surface area contributed by atoms with Gasteiger partial charge in [-0.3, -0.25) is 0 Å². The van der Waals surface area contributed by atoms with Crippen molar-refractivity contribution in [1.82, 2.24) is 0 Å². The van der Waals surface area contributed by atoms with Gasteiger partial charge in [0.25, 0.3) is 0 Å². The van der Waals surface area contributed by atoms with E-state index in [1.165, 1.54) is 13.8 Å². The molecule has 0 N–H and O–H groups in total. The molecule has 0 atom stereocenters. The van der Waals surface area contributed by atoms with Crippen molar-refractivity contribution in [1.29, 1.82) is 0 Å². The first kappa shape index (κ1) is 12.0. The van der Waals surface area contributed by atoms with E-state index in [2.05, 4.69) is 0 Å². The standard InChI is InChI=1S/C7H7ClO.C3H6O/c1-9-7-5-3-2-4-6(7)8;1-3(2)4/h2-5H,1H3;1-2H3. The number of Topliss-reactive ketones (excluding diaryl/α,β-unsaturated/α-hetero) is 1. The first-order chi connectivity index (χ1) is 6.07. The molecule has 1 aromatic carbocycles. The highest BCUT2D eigenvalue weighted by atomic mass is 35.5.